The Morgan fingerprint density at radius 2 is 1.40 bits per heavy atom. The molecule has 0 spiro atoms. The van der Waals surface area contributed by atoms with Gasteiger partial charge in [0.2, 0.25) is 17.6 Å². The summed E-state index contributed by atoms with van der Waals surface area (Å²) in [6.45, 7) is -1.28. The van der Waals surface area contributed by atoms with Gasteiger partial charge >= 0.3 is 0 Å². The summed E-state index contributed by atoms with van der Waals surface area (Å²) in [6.07, 6.45) is 0. The third-order valence-corrected chi connectivity index (χ3v) is 1.29. The van der Waals surface area contributed by atoms with Crippen LogP contribution in [0.4, 0.5) is 5.95 Å². The van der Waals surface area contributed by atoms with Crippen LogP contribution in [0.5, 0.6) is 0 Å². The Bertz CT molecular complexity index is 372. The van der Waals surface area contributed by atoms with E-state index in [1.54, 1.807) is 0 Å². The standard InChI is InChI=1S/C5H6N6O4/c6-5-8-3(1-10(12)13)7-4(9-5)2-11(14)15/h1-2H2,(H2,6,7,8,9). The van der Waals surface area contributed by atoms with Gasteiger partial charge < -0.3 is 5.73 Å². The maximum atomic E-state index is 10.1. The van der Waals surface area contributed by atoms with E-state index in [1.807, 2.05) is 0 Å². The van der Waals surface area contributed by atoms with Gasteiger partial charge in [0.15, 0.2) is 0 Å². The molecule has 1 heterocycles. The molecule has 0 bridgehead atoms. The Labute approximate surface area is 82.5 Å². The molecule has 0 unspecified atom stereocenters. The second-order valence-corrected chi connectivity index (χ2v) is 2.51. The molecule has 10 heteroatoms. The van der Waals surface area contributed by atoms with E-state index in [0.29, 0.717) is 0 Å². The summed E-state index contributed by atoms with van der Waals surface area (Å²) < 4.78 is 0. The molecule has 1 aromatic rings. The molecule has 0 amide bonds. The number of nitrogens with two attached hydrogens (primary N) is 1. The van der Waals surface area contributed by atoms with Gasteiger partial charge in [0, 0.05) is 9.85 Å². The lowest BCUT2D eigenvalue weighted by atomic mass is 10.5. The first-order chi connectivity index (χ1) is 6.97. The number of hydrogen-bond acceptors (Lipinski definition) is 8. The van der Waals surface area contributed by atoms with Crippen molar-refractivity contribution in [2.45, 2.75) is 13.1 Å². The molecule has 0 radical (unpaired) electrons. The first-order valence-electron chi connectivity index (χ1n) is 3.70. The van der Waals surface area contributed by atoms with E-state index in [2.05, 4.69) is 15.0 Å². The molecule has 1 aromatic heterocycles. The molecule has 0 saturated heterocycles. The lowest BCUT2D eigenvalue weighted by Crippen LogP contribution is -2.13. The fourth-order valence-electron chi connectivity index (χ4n) is 0.861. The number of nitro groups is 2. The Morgan fingerprint density at radius 3 is 1.73 bits per heavy atom. The quantitative estimate of drug-likeness (QED) is 0.495. The van der Waals surface area contributed by atoms with Crippen LogP contribution >= 0.6 is 0 Å². The third kappa shape index (κ3) is 3.46. The normalized spacial score (nSPS) is 9.87. The van der Waals surface area contributed by atoms with Gasteiger partial charge in [-0.1, -0.05) is 0 Å². The van der Waals surface area contributed by atoms with Crippen molar-refractivity contribution in [2.75, 3.05) is 5.73 Å². The van der Waals surface area contributed by atoms with E-state index >= 15 is 0 Å². The molecule has 0 aromatic carbocycles. The molecule has 0 atom stereocenters. The minimum Gasteiger partial charge on any atom is -0.368 e. The molecule has 0 aliphatic carbocycles. The summed E-state index contributed by atoms with van der Waals surface area (Å²) in [6, 6.07) is 0. The zero-order valence-corrected chi connectivity index (χ0v) is 7.36. The molecular formula is C5H6N6O4. The van der Waals surface area contributed by atoms with E-state index in [9.17, 15) is 20.2 Å². The second-order valence-electron chi connectivity index (χ2n) is 2.51. The zero-order valence-electron chi connectivity index (χ0n) is 7.36. The monoisotopic (exact) mass is 214 g/mol. The highest BCUT2D eigenvalue weighted by molar-refractivity contribution is 5.15. The van der Waals surface area contributed by atoms with Crippen molar-refractivity contribution < 1.29 is 9.85 Å². The summed E-state index contributed by atoms with van der Waals surface area (Å²) in [5.74, 6) is -0.646. The van der Waals surface area contributed by atoms with Gasteiger partial charge in [0.1, 0.15) is 0 Å². The van der Waals surface area contributed by atoms with Crippen LogP contribution in [0, 0.1) is 20.2 Å². The fraction of sp³-hybridized carbons (Fsp3) is 0.400. The smallest absolute Gasteiger partial charge is 0.262 e. The summed E-state index contributed by atoms with van der Waals surface area (Å²) in [4.78, 5) is 29.4. The average Bonchev–Trinajstić information content (AvgIpc) is 1.98. The van der Waals surface area contributed by atoms with Gasteiger partial charge in [-0.2, -0.15) is 9.97 Å². The van der Waals surface area contributed by atoms with Crippen LogP contribution in [0.3, 0.4) is 0 Å². The lowest BCUT2D eigenvalue weighted by Gasteiger charge is -1.98. The first kappa shape index (κ1) is 10.7. The number of hydrogen-bond donors (Lipinski definition) is 1. The van der Waals surface area contributed by atoms with Crippen LogP contribution in [-0.2, 0) is 13.1 Å². The molecular weight excluding hydrogens is 208 g/mol. The number of rotatable bonds is 4. The summed E-state index contributed by atoms with van der Waals surface area (Å²) in [5, 5.41) is 20.3. The summed E-state index contributed by atoms with van der Waals surface area (Å²) in [7, 11) is 0. The van der Waals surface area contributed by atoms with Crippen molar-refractivity contribution in [3.63, 3.8) is 0 Å². The van der Waals surface area contributed by atoms with Gasteiger partial charge in [-0.25, -0.2) is 4.98 Å². The van der Waals surface area contributed by atoms with Crippen molar-refractivity contribution in [2.24, 2.45) is 0 Å². The SMILES string of the molecule is Nc1nc(C[N+](=O)[O-])nc(C[N+](=O)[O-])n1. The molecule has 2 N–H and O–H groups in total. The van der Waals surface area contributed by atoms with Gasteiger partial charge in [-0.3, -0.25) is 20.2 Å². The Hall–Kier alpha value is -2.39. The van der Waals surface area contributed by atoms with Crippen LogP contribution in [0.1, 0.15) is 11.6 Å². The molecule has 0 fully saturated rings. The molecule has 0 saturated carbocycles. The topological polar surface area (TPSA) is 151 Å². The number of aromatic nitrogens is 3. The van der Waals surface area contributed by atoms with Crippen LogP contribution in [0.2, 0.25) is 0 Å². The highest BCUT2D eigenvalue weighted by Crippen LogP contribution is 2.00. The summed E-state index contributed by atoms with van der Waals surface area (Å²) >= 11 is 0. The summed E-state index contributed by atoms with van der Waals surface area (Å²) in [5.41, 5.74) is 5.20. The van der Waals surface area contributed by atoms with Crippen molar-refractivity contribution >= 4 is 5.95 Å². The van der Waals surface area contributed by atoms with E-state index in [4.69, 9.17) is 5.73 Å². The van der Waals surface area contributed by atoms with Crippen molar-refractivity contribution in [3.8, 4) is 0 Å². The maximum Gasteiger partial charge on any atom is 0.262 e. The first-order valence-corrected chi connectivity index (χ1v) is 3.70. The predicted molar refractivity (Wildman–Crippen MR) is 45.6 cm³/mol. The minimum absolute atomic E-state index is 0.190. The Kier molecular flexibility index (Phi) is 3.00. The van der Waals surface area contributed by atoms with E-state index in [0.717, 1.165) is 0 Å². The highest BCUT2D eigenvalue weighted by atomic mass is 16.6. The average molecular weight is 214 g/mol. The van der Waals surface area contributed by atoms with Crippen LogP contribution in [0.25, 0.3) is 0 Å². The van der Waals surface area contributed by atoms with Gasteiger partial charge in [-0.05, 0) is 0 Å². The van der Waals surface area contributed by atoms with Crippen molar-refractivity contribution in [1.29, 1.82) is 0 Å². The highest BCUT2D eigenvalue weighted by Gasteiger charge is 2.12. The van der Waals surface area contributed by atoms with Crippen LogP contribution < -0.4 is 5.73 Å². The molecule has 10 nitrogen and oxygen atoms in total. The van der Waals surface area contributed by atoms with E-state index in [-0.39, 0.29) is 17.6 Å². The van der Waals surface area contributed by atoms with Crippen molar-refractivity contribution in [1.82, 2.24) is 15.0 Å². The second kappa shape index (κ2) is 4.21. The maximum absolute atomic E-state index is 10.1. The fourth-order valence-corrected chi connectivity index (χ4v) is 0.861. The molecule has 15 heavy (non-hydrogen) atoms. The lowest BCUT2D eigenvalue weighted by molar-refractivity contribution is -0.500. The predicted octanol–water partition coefficient (Wildman–Crippen LogP) is -0.993. The Morgan fingerprint density at radius 1 is 1.00 bits per heavy atom. The van der Waals surface area contributed by atoms with Gasteiger partial charge in [0.05, 0.1) is 0 Å². The largest absolute Gasteiger partial charge is 0.368 e. The van der Waals surface area contributed by atoms with Crippen LogP contribution in [0.15, 0.2) is 0 Å². The molecule has 80 valence electrons. The zero-order chi connectivity index (χ0) is 11.4. The number of anilines is 1. The van der Waals surface area contributed by atoms with Gasteiger partial charge in [0.25, 0.3) is 13.1 Å². The van der Waals surface area contributed by atoms with Gasteiger partial charge in [-0.15, -0.1) is 0 Å². The van der Waals surface area contributed by atoms with Crippen LogP contribution in [-0.4, -0.2) is 24.8 Å². The molecule has 1 rings (SSSR count). The molecule has 0 aliphatic heterocycles. The van der Waals surface area contributed by atoms with E-state index in [1.165, 1.54) is 0 Å². The minimum atomic E-state index is -0.662. The molecule has 0 aliphatic rings. The third-order valence-electron chi connectivity index (χ3n) is 1.29. The number of nitrogen functional groups attached to an aromatic ring is 1. The Balaban J connectivity index is 2.94. The number of nitrogens with zero attached hydrogens (tertiary/aromatic N) is 5. The van der Waals surface area contributed by atoms with E-state index < -0.39 is 22.9 Å². The van der Waals surface area contributed by atoms with Crippen molar-refractivity contribution in [3.05, 3.63) is 31.9 Å².